The second kappa shape index (κ2) is 7.67. The van der Waals surface area contributed by atoms with Gasteiger partial charge >= 0.3 is 6.36 Å². The van der Waals surface area contributed by atoms with Gasteiger partial charge < -0.3 is 15.3 Å². The number of nitrogens with zero attached hydrogens (tertiary/aromatic N) is 2. The number of imidazole rings is 1. The van der Waals surface area contributed by atoms with E-state index in [0.29, 0.717) is 28.1 Å². The summed E-state index contributed by atoms with van der Waals surface area (Å²) in [5.74, 6) is -0.537. The Balaban J connectivity index is 1.49. The molecule has 1 amide bonds. The van der Waals surface area contributed by atoms with E-state index < -0.39 is 18.0 Å². The number of carbonyl (C=O) groups is 1. The second-order valence-electron chi connectivity index (χ2n) is 6.84. The molecule has 0 fully saturated rings. The third-order valence-electron chi connectivity index (χ3n) is 4.54. The fourth-order valence-electron chi connectivity index (χ4n) is 3.07. The normalized spacial score (nSPS) is 11.5. The molecule has 3 aromatic carbocycles. The lowest BCUT2D eigenvalue weighted by Gasteiger charge is -2.10. The lowest BCUT2D eigenvalue weighted by Crippen LogP contribution is -2.17. The Labute approximate surface area is 174 Å². The zero-order valence-corrected chi connectivity index (χ0v) is 16.1. The first-order valence-corrected chi connectivity index (χ1v) is 9.15. The van der Waals surface area contributed by atoms with Gasteiger partial charge in [0, 0.05) is 16.8 Å². The summed E-state index contributed by atoms with van der Waals surface area (Å²) in [5.41, 5.74) is 3.52. The Bertz CT molecular complexity index is 1250. The number of aromatic nitrogens is 2. The molecule has 0 aliphatic rings. The molecular weight excluding hydrogens is 411 g/mol. The maximum absolute atomic E-state index is 12.3. The van der Waals surface area contributed by atoms with Crippen LogP contribution in [-0.2, 0) is 0 Å². The monoisotopic (exact) mass is 427 g/mol. The molecule has 4 rings (SSSR count). The van der Waals surface area contributed by atoms with Gasteiger partial charge in [-0.05, 0) is 73.2 Å². The van der Waals surface area contributed by atoms with E-state index in [-0.39, 0.29) is 5.56 Å². The number of hydrogen-bond acceptors (Lipinski definition) is 4. The molecule has 6 nitrogen and oxygen atoms in total. The molecule has 0 saturated carbocycles. The molecule has 0 bridgehead atoms. The number of anilines is 1. The zero-order chi connectivity index (χ0) is 22.2. The molecule has 9 heteroatoms. The average molecular weight is 427 g/mol. The van der Waals surface area contributed by atoms with E-state index in [0.717, 1.165) is 22.4 Å². The number of alkyl halides is 3. The van der Waals surface area contributed by atoms with Gasteiger partial charge in [-0.25, -0.2) is 4.98 Å². The summed E-state index contributed by atoms with van der Waals surface area (Å²) in [6.07, 6.45) is -4.79. The molecule has 158 valence electrons. The minimum absolute atomic E-state index is 0.172. The second-order valence-corrected chi connectivity index (χ2v) is 6.84. The van der Waals surface area contributed by atoms with Crippen LogP contribution < -0.4 is 10.1 Å². The summed E-state index contributed by atoms with van der Waals surface area (Å²) in [5, 5.41) is 13.1. The minimum Gasteiger partial charge on any atom is -0.426 e. The molecule has 1 heterocycles. The van der Waals surface area contributed by atoms with Crippen molar-refractivity contribution < 1.29 is 27.9 Å². The number of ether oxygens (including phenoxy) is 1. The number of amides is 1. The first kappa shape index (κ1) is 20.3. The maximum Gasteiger partial charge on any atom is 0.573 e. The Morgan fingerprint density at radius 2 is 1.71 bits per heavy atom. The molecule has 0 radical (unpaired) electrons. The van der Waals surface area contributed by atoms with Crippen LogP contribution in [-0.4, -0.2) is 27.2 Å². The van der Waals surface area contributed by atoms with E-state index in [2.05, 4.69) is 15.0 Å². The van der Waals surface area contributed by atoms with E-state index in [4.69, 9.17) is 0 Å². The zero-order valence-electron chi connectivity index (χ0n) is 16.1. The molecule has 0 atom stereocenters. The van der Waals surface area contributed by atoms with Gasteiger partial charge in [-0.1, -0.05) is 6.07 Å². The van der Waals surface area contributed by atoms with Crippen LogP contribution in [0.5, 0.6) is 5.75 Å². The van der Waals surface area contributed by atoms with Crippen LogP contribution in [0, 0.1) is 6.92 Å². The molecule has 4 aromatic rings. The maximum atomic E-state index is 12.3. The molecular formula is C22H16F3N3O3. The summed E-state index contributed by atoms with van der Waals surface area (Å²) in [6, 6.07) is 16.8. The summed E-state index contributed by atoms with van der Waals surface area (Å²) in [7, 11) is 0. The lowest BCUT2D eigenvalue weighted by molar-refractivity contribution is -0.274. The summed E-state index contributed by atoms with van der Waals surface area (Å²) < 4.78 is 41.5. The van der Waals surface area contributed by atoms with Crippen molar-refractivity contribution in [2.75, 3.05) is 5.32 Å². The van der Waals surface area contributed by atoms with Gasteiger partial charge in [0.2, 0.25) is 0 Å². The Kier molecular flexibility index (Phi) is 5.02. The molecule has 0 unspecified atom stereocenters. The summed E-state index contributed by atoms with van der Waals surface area (Å²) in [6.45, 7) is 1.92. The van der Waals surface area contributed by atoms with Gasteiger partial charge in [-0.3, -0.25) is 4.79 Å². The van der Waals surface area contributed by atoms with Crippen LogP contribution in [0.25, 0.3) is 22.4 Å². The van der Waals surface area contributed by atoms with Gasteiger partial charge in [0.15, 0.2) is 5.82 Å². The van der Waals surface area contributed by atoms with Crippen molar-refractivity contribution in [3.63, 3.8) is 0 Å². The number of carbonyl (C=O) groups excluding carboxylic acids is 1. The van der Waals surface area contributed by atoms with Gasteiger partial charge in [-0.15, -0.1) is 13.2 Å². The number of hydrogen-bond donors (Lipinski definition) is 2. The lowest BCUT2D eigenvalue weighted by atomic mass is 10.1. The van der Waals surface area contributed by atoms with Crippen molar-refractivity contribution in [3.05, 3.63) is 77.9 Å². The standard InChI is InChI=1S/C22H16F3N3O3/c1-13-2-11-18-19(12-13)28(30)20(27-18)14-3-7-16(8-4-14)26-21(29)15-5-9-17(10-6-15)31-22(23,24)25/h2-12,30H,1H3,(H,26,29). The predicted molar refractivity (Wildman–Crippen MR) is 108 cm³/mol. The minimum atomic E-state index is -4.79. The summed E-state index contributed by atoms with van der Waals surface area (Å²) >= 11 is 0. The topological polar surface area (TPSA) is 76.4 Å². The number of aryl methyl sites for hydroxylation is 1. The van der Waals surface area contributed by atoms with Crippen LogP contribution >= 0.6 is 0 Å². The van der Waals surface area contributed by atoms with E-state index in [1.54, 1.807) is 24.3 Å². The van der Waals surface area contributed by atoms with Crippen molar-refractivity contribution in [1.29, 1.82) is 0 Å². The van der Waals surface area contributed by atoms with E-state index in [1.165, 1.54) is 12.1 Å². The number of rotatable bonds is 4. The van der Waals surface area contributed by atoms with Gasteiger partial charge in [0.25, 0.3) is 5.91 Å². The first-order chi connectivity index (χ1) is 14.7. The quantitative estimate of drug-likeness (QED) is 0.428. The number of nitrogens with one attached hydrogen (secondary N) is 1. The van der Waals surface area contributed by atoms with Crippen LogP contribution in [0.15, 0.2) is 66.7 Å². The van der Waals surface area contributed by atoms with Gasteiger partial charge in [0.1, 0.15) is 11.3 Å². The van der Waals surface area contributed by atoms with Crippen LogP contribution in [0.3, 0.4) is 0 Å². The third kappa shape index (κ3) is 4.45. The largest absolute Gasteiger partial charge is 0.573 e. The molecule has 0 aliphatic carbocycles. The Hall–Kier alpha value is -4.01. The Morgan fingerprint density at radius 3 is 2.35 bits per heavy atom. The predicted octanol–water partition coefficient (Wildman–Crippen LogP) is 5.40. The first-order valence-electron chi connectivity index (χ1n) is 9.15. The van der Waals surface area contributed by atoms with Gasteiger partial charge in [0.05, 0.1) is 5.52 Å². The van der Waals surface area contributed by atoms with E-state index in [9.17, 15) is 23.2 Å². The third-order valence-corrected chi connectivity index (χ3v) is 4.54. The molecule has 2 N–H and O–H groups in total. The molecule has 1 aromatic heterocycles. The number of halogens is 3. The molecule has 0 aliphatic heterocycles. The molecule has 0 saturated heterocycles. The van der Waals surface area contributed by atoms with E-state index in [1.807, 2.05) is 25.1 Å². The van der Waals surface area contributed by atoms with Crippen LogP contribution in [0.1, 0.15) is 15.9 Å². The fraction of sp³-hybridized carbons (Fsp3) is 0.0909. The van der Waals surface area contributed by atoms with Crippen molar-refractivity contribution in [2.24, 2.45) is 0 Å². The highest BCUT2D eigenvalue weighted by Crippen LogP contribution is 2.26. The molecule has 31 heavy (non-hydrogen) atoms. The van der Waals surface area contributed by atoms with Crippen molar-refractivity contribution in [3.8, 4) is 17.1 Å². The SMILES string of the molecule is Cc1ccc2nc(-c3ccc(NC(=O)c4ccc(OC(F)(F)F)cc4)cc3)n(O)c2c1. The molecule has 0 spiro atoms. The van der Waals surface area contributed by atoms with Crippen molar-refractivity contribution in [1.82, 2.24) is 9.71 Å². The summed E-state index contributed by atoms with van der Waals surface area (Å²) in [4.78, 5) is 16.8. The van der Waals surface area contributed by atoms with E-state index >= 15 is 0 Å². The number of fused-ring (bicyclic) bond motifs is 1. The van der Waals surface area contributed by atoms with Crippen molar-refractivity contribution >= 4 is 22.6 Å². The van der Waals surface area contributed by atoms with Crippen LogP contribution in [0.4, 0.5) is 18.9 Å². The van der Waals surface area contributed by atoms with Gasteiger partial charge in [-0.2, -0.15) is 4.73 Å². The highest BCUT2D eigenvalue weighted by molar-refractivity contribution is 6.04. The average Bonchev–Trinajstić information content (AvgIpc) is 3.04. The van der Waals surface area contributed by atoms with Crippen LogP contribution in [0.2, 0.25) is 0 Å². The fourth-order valence-corrected chi connectivity index (χ4v) is 3.07. The Morgan fingerprint density at radius 1 is 1.03 bits per heavy atom. The number of benzene rings is 3. The highest BCUT2D eigenvalue weighted by atomic mass is 19.4. The highest BCUT2D eigenvalue weighted by Gasteiger charge is 2.31. The smallest absolute Gasteiger partial charge is 0.426 e. The van der Waals surface area contributed by atoms with Crippen molar-refractivity contribution in [2.45, 2.75) is 13.3 Å².